The number of hydrogen-bond donors (Lipinski definition) is 1. The Hall–Kier alpha value is -1.45. The van der Waals surface area contributed by atoms with Crippen LogP contribution in [0.25, 0.3) is 0 Å². The Labute approximate surface area is 120 Å². The highest BCUT2D eigenvalue weighted by Gasteiger charge is 2.44. The molecule has 20 heavy (non-hydrogen) atoms. The summed E-state index contributed by atoms with van der Waals surface area (Å²) < 4.78 is 26.3. The van der Waals surface area contributed by atoms with E-state index in [1.165, 1.54) is 0 Å². The van der Waals surface area contributed by atoms with Crippen LogP contribution in [0.1, 0.15) is 29.6 Å². The van der Waals surface area contributed by atoms with Gasteiger partial charge in [0.1, 0.15) is 0 Å². The van der Waals surface area contributed by atoms with E-state index in [4.69, 9.17) is 11.6 Å². The Bertz CT molecular complexity index is 630. The first kappa shape index (κ1) is 13.5. The largest absolute Gasteiger partial charge is 0.388 e. The normalized spacial score (nSPS) is 22.6. The average Bonchev–Trinajstić information content (AvgIpc) is 3.23. The molecule has 2 aromatic carbocycles. The number of aliphatic hydroxyl groups is 1. The van der Waals surface area contributed by atoms with Gasteiger partial charge in [-0.3, -0.25) is 0 Å². The van der Waals surface area contributed by atoms with Gasteiger partial charge in [-0.25, -0.2) is 8.78 Å². The van der Waals surface area contributed by atoms with Gasteiger partial charge in [-0.1, -0.05) is 41.9 Å². The van der Waals surface area contributed by atoms with Crippen molar-refractivity contribution in [3.8, 4) is 0 Å². The first-order chi connectivity index (χ1) is 9.58. The smallest absolute Gasteiger partial charge is 0.160 e. The van der Waals surface area contributed by atoms with Gasteiger partial charge < -0.3 is 5.11 Å². The number of aliphatic hydroxyl groups excluding tert-OH is 1. The highest BCUT2D eigenvalue weighted by atomic mass is 35.5. The lowest BCUT2D eigenvalue weighted by Crippen LogP contribution is -2.04. The predicted octanol–water partition coefficient (Wildman–Crippen LogP) is 4.46. The van der Waals surface area contributed by atoms with Crippen LogP contribution in [0.5, 0.6) is 0 Å². The highest BCUT2D eigenvalue weighted by molar-refractivity contribution is 6.31. The van der Waals surface area contributed by atoms with Crippen LogP contribution in [0.15, 0.2) is 42.5 Å². The maximum atomic E-state index is 13.3. The van der Waals surface area contributed by atoms with E-state index in [2.05, 4.69) is 0 Å². The molecule has 0 spiro atoms. The van der Waals surface area contributed by atoms with Crippen LogP contribution >= 0.6 is 11.6 Å². The van der Waals surface area contributed by atoms with E-state index >= 15 is 0 Å². The van der Waals surface area contributed by atoms with Gasteiger partial charge in [-0.05, 0) is 36.0 Å². The number of halogens is 3. The van der Waals surface area contributed by atoms with Gasteiger partial charge in [0.25, 0.3) is 0 Å². The molecule has 2 aromatic rings. The lowest BCUT2D eigenvalue weighted by Gasteiger charge is -2.13. The van der Waals surface area contributed by atoms with E-state index in [1.54, 1.807) is 0 Å². The summed E-state index contributed by atoms with van der Waals surface area (Å²) in [7, 11) is 0. The highest BCUT2D eigenvalue weighted by Crippen LogP contribution is 2.54. The van der Waals surface area contributed by atoms with Crippen molar-refractivity contribution < 1.29 is 13.9 Å². The SMILES string of the molecule is OC(c1cc(F)c(F)cc1Cl)C1CC1c1ccccc1. The summed E-state index contributed by atoms with van der Waals surface area (Å²) in [5, 5.41) is 10.4. The van der Waals surface area contributed by atoms with E-state index in [0.29, 0.717) is 0 Å². The second-order valence-electron chi connectivity index (χ2n) is 5.15. The molecule has 0 heterocycles. The maximum Gasteiger partial charge on any atom is 0.160 e. The van der Waals surface area contributed by atoms with Gasteiger partial charge in [-0.15, -0.1) is 0 Å². The van der Waals surface area contributed by atoms with Crippen molar-refractivity contribution in [1.29, 1.82) is 0 Å². The van der Waals surface area contributed by atoms with E-state index in [9.17, 15) is 13.9 Å². The average molecular weight is 295 g/mol. The monoisotopic (exact) mass is 294 g/mol. The Kier molecular flexibility index (Phi) is 3.48. The van der Waals surface area contributed by atoms with Gasteiger partial charge in [0.05, 0.1) is 6.10 Å². The van der Waals surface area contributed by atoms with Crippen LogP contribution in [-0.2, 0) is 0 Å². The summed E-state index contributed by atoms with van der Waals surface area (Å²) >= 11 is 5.90. The van der Waals surface area contributed by atoms with Crippen molar-refractivity contribution in [2.75, 3.05) is 0 Å². The maximum absolute atomic E-state index is 13.3. The first-order valence-electron chi connectivity index (χ1n) is 6.45. The van der Waals surface area contributed by atoms with Gasteiger partial charge in [-0.2, -0.15) is 0 Å². The molecule has 0 aliphatic heterocycles. The Morgan fingerprint density at radius 2 is 1.75 bits per heavy atom. The molecule has 1 aliphatic rings. The fourth-order valence-corrected chi connectivity index (χ4v) is 2.90. The molecular formula is C16H13ClF2O. The molecule has 3 rings (SSSR count). The molecule has 1 nitrogen and oxygen atoms in total. The Balaban J connectivity index is 1.82. The van der Waals surface area contributed by atoms with Crippen LogP contribution in [0.2, 0.25) is 5.02 Å². The van der Waals surface area contributed by atoms with E-state index in [-0.39, 0.29) is 22.4 Å². The molecule has 1 saturated carbocycles. The predicted molar refractivity (Wildman–Crippen MR) is 73.6 cm³/mol. The molecular weight excluding hydrogens is 282 g/mol. The van der Waals surface area contributed by atoms with Crippen molar-refractivity contribution >= 4 is 11.6 Å². The second-order valence-corrected chi connectivity index (χ2v) is 5.56. The summed E-state index contributed by atoms with van der Waals surface area (Å²) in [5.74, 6) is -1.74. The molecule has 1 aliphatic carbocycles. The molecule has 0 amide bonds. The van der Waals surface area contributed by atoms with Crippen LogP contribution in [0, 0.1) is 17.6 Å². The topological polar surface area (TPSA) is 20.2 Å². The molecule has 0 radical (unpaired) electrons. The minimum absolute atomic E-state index is 0.000221. The third-order valence-corrected chi connectivity index (χ3v) is 4.16. The van der Waals surface area contributed by atoms with Crippen molar-refractivity contribution in [1.82, 2.24) is 0 Å². The van der Waals surface area contributed by atoms with Crippen molar-refractivity contribution in [3.63, 3.8) is 0 Å². The van der Waals surface area contributed by atoms with Gasteiger partial charge in [0, 0.05) is 10.6 Å². The minimum atomic E-state index is -0.999. The minimum Gasteiger partial charge on any atom is -0.388 e. The fraction of sp³-hybridized carbons (Fsp3) is 0.250. The van der Waals surface area contributed by atoms with Crippen LogP contribution < -0.4 is 0 Å². The number of benzene rings is 2. The zero-order chi connectivity index (χ0) is 14.3. The molecule has 0 bridgehead atoms. The standard InChI is InChI=1S/C16H13ClF2O/c17-13-8-15(19)14(18)7-12(13)16(20)11-6-10(11)9-4-2-1-3-5-9/h1-5,7-8,10-11,16,20H,6H2. The first-order valence-corrected chi connectivity index (χ1v) is 6.83. The molecule has 4 heteroatoms. The zero-order valence-electron chi connectivity index (χ0n) is 10.6. The molecule has 3 atom stereocenters. The lowest BCUT2D eigenvalue weighted by molar-refractivity contribution is 0.151. The van der Waals surface area contributed by atoms with Gasteiger partial charge in [0.15, 0.2) is 11.6 Å². The van der Waals surface area contributed by atoms with Crippen molar-refractivity contribution in [2.24, 2.45) is 5.92 Å². The molecule has 0 saturated heterocycles. The van der Waals surface area contributed by atoms with E-state index < -0.39 is 17.7 Å². The van der Waals surface area contributed by atoms with Crippen LogP contribution in [-0.4, -0.2) is 5.11 Å². The summed E-state index contributed by atoms with van der Waals surface area (Å²) in [6.07, 6.45) is -0.0525. The molecule has 104 valence electrons. The summed E-state index contributed by atoms with van der Waals surface area (Å²) in [4.78, 5) is 0. The third kappa shape index (κ3) is 2.43. The Morgan fingerprint density at radius 3 is 2.45 bits per heavy atom. The Morgan fingerprint density at radius 1 is 1.10 bits per heavy atom. The second kappa shape index (κ2) is 5.15. The fourth-order valence-electron chi connectivity index (χ4n) is 2.64. The quantitative estimate of drug-likeness (QED) is 0.829. The third-order valence-electron chi connectivity index (χ3n) is 3.83. The van der Waals surface area contributed by atoms with Crippen LogP contribution in [0.4, 0.5) is 8.78 Å². The van der Waals surface area contributed by atoms with Gasteiger partial charge in [0.2, 0.25) is 0 Å². The summed E-state index contributed by atoms with van der Waals surface area (Å²) in [5.41, 5.74) is 1.41. The summed E-state index contributed by atoms with van der Waals surface area (Å²) in [6.45, 7) is 0. The van der Waals surface area contributed by atoms with Gasteiger partial charge >= 0.3 is 0 Å². The summed E-state index contributed by atoms with van der Waals surface area (Å²) in [6, 6.07) is 11.7. The van der Waals surface area contributed by atoms with Crippen molar-refractivity contribution in [3.05, 3.63) is 70.2 Å². The zero-order valence-corrected chi connectivity index (χ0v) is 11.3. The number of hydrogen-bond acceptors (Lipinski definition) is 1. The molecule has 1 N–H and O–H groups in total. The molecule has 0 aromatic heterocycles. The van der Waals surface area contributed by atoms with E-state index in [0.717, 1.165) is 24.1 Å². The molecule has 1 fully saturated rings. The number of rotatable bonds is 3. The lowest BCUT2D eigenvalue weighted by atomic mass is 10.0. The van der Waals surface area contributed by atoms with Crippen LogP contribution in [0.3, 0.4) is 0 Å². The molecule has 3 unspecified atom stereocenters. The van der Waals surface area contributed by atoms with Crippen molar-refractivity contribution in [2.45, 2.75) is 18.4 Å². The van der Waals surface area contributed by atoms with E-state index in [1.807, 2.05) is 30.3 Å².